The van der Waals surface area contributed by atoms with Crippen LogP contribution in [0.15, 0.2) is 18.2 Å². The number of rotatable bonds is 3. The third kappa shape index (κ3) is 2.60. The number of nitrogens with one attached hydrogen (secondary N) is 1. The van der Waals surface area contributed by atoms with Gasteiger partial charge in [0, 0.05) is 5.69 Å². The van der Waals surface area contributed by atoms with Crippen LogP contribution in [0.25, 0.3) is 0 Å². The Hall–Kier alpha value is -1.29. The highest BCUT2D eigenvalue weighted by molar-refractivity contribution is 7.80. The van der Waals surface area contributed by atoms with Gasteiger partial charge in [0.25, 0.3) is 0 Å². The Morgan fingerprint density at radius 3 is 2.79 bits per heavy atom. The summed E-state index contributed by atoms with van der Waals surface area (Å²) >= 11 is 4.78. The van der Waals surface area contributed by atoms with Crippen molar-refractivity contribution in [2.24, 2.45) is 5.73 Å². The van der Waals surface area contributed by atoms with E-state index >= 15 is 0 Å². The predicted molar refractivity (Wildman–Crippen MR) is 62.8 cm³/mol. The van der Waals surface area contributed by atoms with Crippen molar-refractivity contribution < 1.29 is 4.74 Å². The summed E-state index contributed by atoms with van der Waals surface area (Å²) in [6.45, 7) is 2.07. The van der Waals surface area contributed by atoms with Gasteiger partial charge in [0.1, 0.15) is 5.75 Å². The summed E-state index contributed by atoms with van der Waals surface area (Å²) in [5, 5.41) is 3.21. The number of thiocarbonyl (C=S) groups is 1. The molecule has 3 nitrogen and oxygen atoms in total. The molecule has 14 heavy (non-hydrogen) atoms. The van der Waals surface area contributed by atoms with Crippen LogP contribution in [0.4, 0.5) is 5.69 Å². The van der Waals surface area contributed by atoms with Crippen LogP contribution in [0.5, 0.6) is 5.75 Å². The lowest BCUT2D eigenvalue weighted by Crippen LogP contribution is -2.19. The van der Waals surface area contributed by atoms with Crippen molar-refractivity contribution in [1.29, 1.82) is 0 Å². The monoisotopic (exact) mass is 210 g/mol. The maximum Gasteiger partial charge on any atom is 0.168 e. The van der Waals surface area contributed by atoms with E-state index < -0.39 is 0 Å². The lowest BCUT2D eigenvalue weighted by molar-refractivity contribution is 0.414. The largest absolute Gasteiger partial charge is 0.497 e. The van der Waals surface area contributed by atoms with Gasteiger partial charge >= 0.3 is 0 Å². The zero-order chi connectivity index (χ0) is 10.6. The number of ether oxygens (including phenoxy) is 1. The Kier molecular flexibility index (Phi) is 3.71. The van der Waals surface area contributed by atoms with Crippen molar-refractivity contribution in [1.82, 2.24) is 0 Å². The van der Waals surface area contributed by atoms with Crippen LogP contribution in [0.1, 0.15) is 12.5 Å². The van der Waals surface area contributed by atoms with Gasteiger partial charge in [-0.15, -0.1) is 0 Å². The number of anilines is 1. The summed E-state index contributed by atoms with van der Waals surface area (Å²) in [5.41, 5.74) is 7.49. The van der Waals surface area contributed by atoms with Gasteiger partial charge in [-0.3, -0.25) is 0 Å². The number of hydrogen-bond acceptors (Lipinski definition) is 2. The van der Waals surface area contributed by atoms with Crippen molar-refractivity contribution >= 4 is 23.0 Å². The molecule has 0 aliphatic rings. The van der Waals surface area contributed by atoms with E-state index in [0.29, 0.717) is 0 Å². The Morgan fingerprint density at radius 1 is 1.57 bits per heavy atom. The standard InChI is InChI=1S/C10H14N2OS/c1-3-7-6-8(13-2)4-5-9(7)12-10(11)14/h4-6H,3H2,1-2H3,(H3,11,12,14). The van der Waals surface area contributed by atoms with Crippen LogP contribution in [-0.4, -0.2) is 12.2 Å². The fraction of sp³-hybridized carbons (Fsp3) is 0.300. The number of nitrogens with two attached hydrogens (primary N) is 1. The van der Waals surface area contributed by atoms with Crippen LogP contribution in [0.2, 0.25) is 0 Å². The topological polar surface area (TPSA) is 47.3 Å². The summed E-state index contributed by atoms with van der Waals surface area (Å²) in [4.78, 5) is 0. The van der Waals surface area contributed by atoms with Gasteiger partial charge < -0.3 is 15.8 Å². The Bertz CT molecular complexity index is 339. The van der Waals surface area contributed by atoms with E-state index in [2.05, 4.69) is 12.2 Å². The molecule has 0 aliphatic carbocycles. The first kappa shape index (κ1) is 10.8. The normalized spacial score (nSPS) is 9.57. The molecule has 0 spiro atoms. The third-order valence-electron chi connectivity index (χ3n) is 1.95. The van der Waals surface area contributed by atoms with E-state index in [0.717, 1.165) is 23.4 Å². The first-order chi connectivity index (χ1) is 6.67. The Morgan fingerprint density at radius 2 is 2.29 bits per heavy atom. The highest BCUT2D eigenvalue weighted by Gasteiger charge is 2.02. The molecule has 0 radical (unpaired) electrons. The second kappa shape index (κ2) is 4.81. The number of hydrogen-bond donors (Lipinski definition) is 2. The van der Waals surface area contributed by atoms with Gasteiger partial charge in [-0.25, -0.2) is 0 Å². The molecule has 0 amide bonds. The van der Waals surface area contributed by atoms with E-state index in [1.54, 1.807) is 7.11 Å². The minimum atomic E-state index is 0.282. The van der Waals surface area contributed by atoms with E-state index in [1.807, 2.05) is 18.2 Å². The Balaban J connectivity index is 2.98. The molecule has 1 aromatic rings. The molecule has 1 aromatic carbocycles. The third-order valence-corrected chi connectivity index (χ3v) is 2.05. The molecule has 0 fully saturated rings. The van der Waals surface area contributed by atoms with Crippen molar-refractivity contribution in [3.05, 3.63) is 23.8 Å². The van der Waals surface area contributed by atoms with Crippen LogP contribution in [0.3, 0.4) is 0 Å². The molecule has 0 saturated heterocycles. The molecular formula is C10H14N2OS. The highest BCUT2D eigenvalue weighted by Crippen LogP contribution is 2.22. The number of benzene rings is 1. The van der Waals surface area contributed by atoms with Crippen molar-refractivity contribution in [3.8, 4) is 5.75 Å². The highest BCUT2D eigenvalue weighted by atomic mass is 32.1. The fourth-order valence-corrected chi connectivity index (χ4v) is 1.35. The first-order valence-corrected chi connectivity index (χ1v) is 4.81. The molecular weight excluding hydrogens is 196 g/mol. The summed E-state index contributed by atoms with van der Waals surface area (Å²) in [6.07, 6.45) is 0.905. The average molecular weight is 210 g/mol. The molecule has 3 N–H and O–H groups in total. The SMILES string of the molecule is CCc1cc(OC)ccc1NC(N)=S. The van der Waals surface area contributed by atoms with E-state index in [-0.39, 0.29) is 5.11 Å². The molecule has 0 aliphatic heterocycles. The smallest absolute Gasteiger partial charge is 0.168 e. The lowest BCUT2D eigenvalue weighted by atomic mass is 10.1. The average Bonchev–Trinajstić information content (AvgIpc) is 2.17. The quantitative estimate of drug-likeness (QED) is 0.748. The molecule has 0 saturated carbocycles. The fourth-order valence-electron chi connectivity index (χ4n) is 1.24. The van der Waals surface area contributed by atoms with Gasteiger partial charge in [0.15, 0.2) is 5.11 Å². The second-order valence-electron chi connectivity index (χ2n) is 2.87. The van der Waals surface area contributed by atoms with Crippen LogP contribution < -0.4 is 15.8 Å². The van der Waals surface area contributed by atoms with Crippen molar-refractivity contribution in [2.75, 3.05) is 12.4 Å². The van der Waals surface area contributed by atoms with Gasteiger partial charge in [0.2, 0.25) is 0 Å². The van der Waals surface area contributed by atoms with Crippen molar-refractivity contribution in [2.45, 2.75) is 13.3 Å². The number of aryl methyl sites for hydroxylation is 1. The van der Waals surface area contributed by atoms with Gasteiger partial charge in [-0.2, -0.15) is 0 Å². The Labute approximate surface area is 89.3 Å². The minimum Gasteiger partial charge on any atom is -0.497 e. The lowest BCUT2D eigenvalue weighted by Gasteiger charge is -2.10. The van der Waals surface area contributed by atoms with Crippen LogP contribution in [-0.2, 0) is 6.42 Å². The predicted octanol–water partition coefficient (Wildman–Crippen LogP) is 1.91. The molecule has 4 heteroatoms. The summed E-state index contributed by atoms with van der Waals surface area (Å²) in [7, 11) is 1.65. The van der Waals surface area contributed by atoms with Gasteiger partial charge in [0.05, 0.1) is 7.11 Å². The summed E-state index contributed by atoms with van der Waals surface area (Å²) in [5.74, 6) is 0.843. The molecule has 0 atom stereocenters. The maximum absolute atomic E-state index is 5.41. The summed E-state index contributed by atoms with van der Waals surface area (Å²) in [6, 6.07) is 5.76. The maximum atomic E-state index is 5.41. The zero-order valence-corrected chi connectivity index (χ0v) is 9.15. The molecule has 0 unspecified atom stereocenters. The van der Waals surface area contributed by atoms with Crippen LogP contribution >= 0.6 is 12.2 Å². The minimum absolute atomic E-state index is 0.282. The first-order valence-electron chi connectivity index (χ1n) is 4.40. The molecule has 0 bridgehead atoms. The molecule has 0 heterocycles. The molecule has 76 valence electrons. The molecule has 1 rings (SSSR count). The van der Waals surface area contributed by atoms with E-state index in [4.69, 9.17) is 22.7 Å². The summed E-state index contributed by atoms with van der Waals surface area (Å²) < 4.78 is 5.12. The van der Waals surface area contributed by atoms with Gasteiger partial charge in [-0.1, -0.05) is 6.92 Å². The second-order valence-corrected chi connectivity index (χ2v) is 3.31. The zero-order valence-electron chi connectivity index (χ0n) is 8.33. The molecule has 0 aromatic heterocycles. The van der Waals surface area contributed by atoms with E-state index in [1.165, 1.54) is 0 Å². The van der Waals surface area contributed by atoms with Gasteiger partial charge in [-0.05, 0) is 42.4 Å². The van der Waals surface area contributed by atoms with Crippen molar-refractivity contribution in [3.63, 3.8) is 0 Å². The van der Waals surface area contributed by atoms with E-state index in [9.17, 15) is 0 Å². The van der Waals surface area contributed by atoms with Crippen LogP contribution in [0, 0.1) is 0 Å². The number of methoxy groups -OCH3 is 1.